The Labute approximate surface area is 129 Å². The van der Waals surface area contributed by atoms with Crippen molar-refractivity contribution in [2.24, 2.45) is 0 Å². The van der Waals surface area contributed by atoms with Crippen molar-refractivity contribution in [1.29, 1.82) is 0 Å². The molecule has 3 rings (SSSR count). The molecule has 0 amide bonds. The van der Waals surface area contributed by atoms with Gasteiger partial charge in [-0.25, -0.2) is 4.98 Å². The second-order valence-electron chi connectivity index (χ2n) is 4.64. The number of oxazole rings is 1. The topological polar surface area (TPSA) is 112 Å². The van der Waals surface area contributed by atoms with Gasteiger partial charge in [0, 0.05) is 30.3 Å². The Kier molecular flexibility index (Phi) is 3.55. The van der Waals surface area contributed by atoms with Gasteiger partial charge in [-0.15, -0.1) is 0 Å². The molecule has 0 radical (unpaired) electrons. The Balaban J connectivity index is 1.85. The van der Waals surface area contributed by atoms with Gasteiger partial charge >= 0.3 is 0 Å². The number of nitro benzene ring substituents is 2. The maximum atomic E-state index is 10.7. The van der Waals surface area contributed by atoms with E-state index in [1.54, 1.807) is 24.3 Å². The van der Waals surface area contributed by atoms with Gasteiger partial charge in [0.1, 0.15) is 5.52 Å². The number of hydrogen-bond donors (Lipinski definition) is 0. The number of nitro groups is 2. The van der Waals surface area contributed by atoms with Gasteiger partial charge in [-0.2, -0.15) is 0 Å². The van der Waals surface area contributed by atoms with E-state index in [0.29, 0.717) is 17.0 Å². The van der Waals surface area contributed by atoms with Gasteiger partial charge in [0.15, 0.2) is 5.58 Å². The average Bonchev–Trinajstić information content (AvgIpc) is 2.95. The fraction of sp³-hybridized carbons (Fsp3) is 0. The molecular weight excluding hydrogens is 302 g/mol. The van der Waals surface area contributed by atoms with E-state index < -0.39 is 9.85 Å². The first-order valence-electron chi connectivity index (χ1n) is 6.50. The van der Waals surface area contributed by atoms with Crippen molar-refractivity contribution >= 4 is 34.6 Å². The second kappa shape index (κ2) is 5.68. The Morgan fingerprint density at radius 2 is 1.57 bits per heavy atom. The van der Waals surface area contributed by atoms with Crippen LogP contribution in [0.25, 0.3) is 23.3 Å². The molecule has 1 heterocycles. The number of rotatable bonds is 4. The summed E-state index contributed by atoms with van der Waals surface area (Å²) in [5.41, 5.74) is 1.53. The van der Waals surface area contributed by atoms with Gasteiger partial charge in [0.05, 0.1) is 9.85 Å². The number of non-ortho nitro benzene ring substituents is 2. The van der Waals surface area contributed by atoms with Crippen molar-refractivity contribution in [3.05, 3.63) is 74.1 Å². The van der Waals surface area contributed by atoms with E-state index >= 15 is 0 Å². The predicted octanol–water partition coefficient (Wildman–Crippen LogP) is 3.81. The summed E-state index contributed by atoms with van der Waals surface area (Å²) in [5, 5.41) is 21.3. The molecular formula is C15H9N3O5. The molecule has 0 saturated heterocycles. The van der Waals surface area contributed by atoms with Crippen LogP contribution in [-0.4, -0.2) is 14.8 Å². The van der Waals surface area contributed by atoms with Crippen molar-refractivity contribution in [3.63, 3.8) is 0 Å². The van der Waals surface area contributed by atoms with Crippen LogP contribution in [0.1, 0.15) is 11.5 Å². The molecule has 0 aliphatic rings. The first-order chi connectivity index (χ1) is 11.0. The summed E-state index contributed by atoms with van der Waals surface area (Å²) in [5.74, 6) is 0.291. The van der Waals surface area contributed by atoms with Crippen molar-refractivity contribution in [1.82, 2.24) is 4.98 Å². The highest BCUT2D eigenvalue weighted by Crippen LogP contribution is 2.22. The van der Waals surface area contributed by atoms with Crippen LogP contribution in [0.5, 0.6) is 0 Å². The summed E-state index contributed by atoms with van der Waals surface area (Å²) in [6.45, 7) is 0. The average molecular weight is 311 g/mol. The quantitative estimate of drug-likeness (QED) is 0.534. The molecule has 0 fully saturated rings. The third kappa shape index (κ3) is 3.05. The monoisotopic (exact) mass is 311 g/mol. The standard InChI is InChI=1S/C15H9N3O5/c19-17(20)11-4-1-10(2-5-11)3-8-15-16-13-9-12(18(21)22)6-7-14(13)23-15/h1-9H/b8-3-. The maximum absolute atomic E-state index is 10.7. The molecule has 0 aliphatic carbocycles. The van der Waals surface area contributed by atoms with Crippen LogP contribution < -0.4 is 0 Å². The van der Waals surface area contributed by atoms with E-state index in [1.165, 1.54) is 30.3 Å². The summed E-state index contributed by atoms with van der Waals surface area (Å²) in [6, 6.07) is 10.2. The summed E-state index contributed by atoms with van der Waals surface area (Å²) in [4.78, 5) is 24.5. The lowest BCUT2D eigenvalue weighted by atomic mass is 10.2. The number of nitrogens with zero attached hydrogens (tertiary/aromatic N) is 3. The van der Waals surface area contributed by atoms with Crippen molar-refractivity contribution in [2.75, 3.05) is 0 Å². The SMILES string of the molecule is O=[N+]([O-])c1ccc(/C=C\c2nc3cc([N+](=O)[O-])ccc3o2)cc1. The van der Waals surface area contributed by atoms with Crippen LogP contribution in [0.2, 0.25) is 0 Å². The first-order valence-corrected chi connectivity index (χ1v) is 6.50. The summed E-state index contributed by atoms with van der Waals surface area (Å²) >= 11 is 0. The highest BCUT2D eigenvalue weighted by atomic mass is 16.6. The smallest absolute Gasteiger partial charge is 0.271 e. The molecule has 0 spiro atoms. The number of aromatic nitrogens is 1. The zero-order valence-corrected chi connectivity index (χ0v) is 11.6. The van der Waals surface area contributed by atoms with Crippen molar-refractivity contribution in [3.8, 4) is 0 Å². The Hall–Kier alpha value is -3.55. The number of fused-ring (bicyclic) bond motifs is 1. The Morgan fingerprint density at radius 3 is 2.22 bits per heavy atom. The molecule has 114 valence electrons. The molecule has 23 heavy (non-hydrogen) atoms. The molecule has 0 aliphatic heterocycles. The van der Waals surface area contributed by atoms with Gasteiger partial charge in [0.2, 0.25) is 5.89 Å². The highest BCUT2D eigenvalue weighted by Gasteiger charge is 2.10. The van der Waals surface area contributed by atoms with Crippen LogP contribution in [0.3, 0.4) is 0 Å². The van der Waals surface area contributed by atoms with Gasteiger partial charge < -0.3 is 4.42 Å². The van der Waals surface area contributed by atoms with Crippen LogP contribution in [0, 0.1) is 20.2 Å². The highest BCUT2D eigenvalue weighted by molar-refractivity contribution is 5.78. The minimum atomic E-state index is -0.499. The van der Waals surface area contributed by atoms with E-state index in [1.807, 2.05) is 0 Å². The normalized spacial score (nSPS) is 11.1. The molecule has 1 aromatic heterocycles. The minimum Gasteiger partial charge on any atom is -0.437 e. The molecule has 8 nitrogen and oxygen atoms in total. The molecule has 0 unspecified atom stereocenters. The van der Waals surface area contributed by atoms with Gasteiger partial charge in [-0.3, -0.25) is 20.2 Å². The molecule has 2 aromatic carbocycles. The van der Waals surface area contributed by atoms with Gasteiger partial charge in [-0.05, 0) is 29.8 Å². The molecule has 8 heteroatoms. The summed E-state index contributed by atoms with van der Waals surface area (Å²) in [6.07, 6.45) is 3.27. The largest absolute Gasteiger partial charge is 0.437 e. The Morgan fingerprint density at radius 1 is 0.913 bits per heavy atom. The first kappa shape index (κ1) is 14.4. The van der Waals surface area contributed by atoms with E-state index in [2.05, 4.69) is 4.98 Å². The van der Waals surface area contributed by atoms with Crippen LogP contribution in [0.15, 0.2) is 46.9 Å². The van der Waals surface area contributed by atoms with Crippen LogP contribution >= 0.6 is 0 Å². The maximum Gasteiger partial charge on any atom is 0.271 e. The lowest BCUT2D eigenvalue weighted by molar-refractivity contribution is -0.385. The molecule has 0 N–H and O–H groups in total. The molecule has 0 bridgehead atoms. The summed E-state index contributed by atoms with van der Waals surface area (Å²) < 4.78 is 5.46. The van der Waals surface area contributed by atoms with Crippen LogP contribution in [-0.2, 0) is 0 Å². The molecule has 3 aromatic rings. The third-order valence-electron chi connectivity index (χ3n) is 3.12. The van der Waals surface area contributed by atoms with E-state index in [4.69, 9.17) is 4.42 Å². The lowest BCUT2D eigenvalue weighted by Crippen LogP contribution is -1.86. The lowest BCUT2D eigenvalue weighted by Gasteiger charge is -1.92. The fourth-order valence-electron chi connectivity index (χ4n) is 1.99. The van der Waals surface area contributed by atoms with E-state index in [-0.39, 0.29) is 11.4 Å². The van der Waals surface area contributed by atoms with Gasteiger partial charge in [0.25, 0.3) is 11.4 Å². The van der Waals surface area contributed by atoms with Crippen molar-refractivity contribution in [2.45, 2.75) is 0 Å². The number of hydrogen-bond acceptors (Lipinski definition) is 6. The van der Waals surface area contributed by atoms with Gasteiger partial charge in [-0.1, -0.05) is 0 Å². The van der Waals surface area contributed by atoms with E-state index in [0.717, 1.165) is 5.56 Å². The zero-order valence-electron chi connectivity index (χ0n) is 11.6. The second-order valence-corrected chi connectivity index (χ2v) is 4.64. The predicted molar refractivity (Wildman–Crippen MR) is 82.7 cm³/mol. The minimum absolute atomic E-state index is 0.0105. The Bertz CT molecular complexity index is 928. The number of benzene rings is 2. The van der Waals surface area contributed by atoms with E-state index in [9.17, 15) is 20.2 Å². The third-order valence-corrected chi connectivity index (χ3v) is 3.12. The fourth-order valence-corrected chi connectivity index (χ4v) is 1.99. The summed E-state index contributed by atoms with van der Waals surface area (Å²) in [7, 11) is 0. The van der Waals surface area contributed by atoms with Crippen molar-refractivity contribution < 1.29 is 14.3 Å². The molecule has 0 saturated carbocycles. The molecule has 0 atom stereocenters. The van der Waals surface area contributed by atoms with Crippen LogP contribution in [0.4, 0.5) is 11.4 Å². The zero-order chi connectivity index (χ0) is 16.4.